The van der Waals surface area contributed by atoms with Crippen molar-refractivity contribution >= 4 is 16.6 Å². The number of aryl methyl sites for hydroxylation is 1. The summed E-state index contributed by atoms with van der Waals surface area (Å²) in [5.74, 6) is 0. The summed E-state index contributed by atoms with van der Waals surface area (Å²) < 4.78 is 0. The number of benzene rings is 2. The zero-order chi connectivity index (χ0) is 17.2. The van der Waals surface area contributed by atoms with E-state index in [0.29, 0.717) is 5.56 Å². The number of piperidine rings is 1. The van der Waals surface area contributed by atoms with Gasteiger partial charge in [-0.1, -0.05) is 36.4 Å². The zero-order valence-electron chi connectivity index (χ0n) is 14.5. The average Bonchev–Trinajstić information content (AvgIpc) is 2.68. The second-order valence-corrected chi connectivity index (χ2v) is 6.66. The molecule has 0 unspecified atom stereocenters. The summed E-state index contributed by atoms with van der Waals surface area (Å²) in [6.45, 7) is 4.23. The van der Waals surface area contributed by atoms with E-state index >= 15 is 0 Å². The molecular formula is C22H21N3. The summed E-state index contributed by atoms with van der Waals surface area (Å²) in [5, 5.41) is 10.9. The van der Waals surface area contributed by atoms with Crippen LogP contribution >= 0.6 is 0 Å². The number of hydrogen-bond acceptors (Lipinski definition) is 3. The van der Waals surface area contributed by atoms with Crippen molar-refractivity contribution in [2.75, 3.05) is 18.0 Å². The first kappa shape index (κ1) is 15.7. The van der Waals surface area contributed by atoms with Gasteiger partial charge in [0.15, 0.2) is 0 Å². The fourth-order valence-electron chi connectivity index (χ4n) is 3.82. The minimum Gasteiger partial charge on any atom is -0.371 e. The van der Waals surface area contributed by atoms with E-state index < -0.39 is 0 Å². The van der Waals surface area contributed by atoms with Crippen molar-refractivity contribution in [3.8, 4) is 17.3 Å². The maximum absolute atomic E-state index is 9.82. The predicted molar refractivity (Wildman–Crippen MR) is 103 cm³/mol. The van der Waals surface area contributed by atoms with E-state index in [2.05, 4.69) is 36.1 Å². The second-order valence-electron chi connectivity index (χ2n) is 6.66. The fraction of sp³-hybridized carbons (Fsp3) is 0.273. The molecule has 0 N–H and O–H groups in total. The van der Waals surface area contributed by atoms with Crippen molar-refractivity contribution in [2.45, 2.75) is 26.2 Å². The number of nitrogens with zero attached hydrogens (tertiary/aromatic N) is 3. The number of anilines is 1. The van der Waals surface area contributed by atoms with Crippen LogP contribution in [0.3, 0.4) is 0 Å². The number of hydrogen-bond donors (Lipinski definition) is 0. The van der Waals surface area contributed by atoms with Crippen LogP contribution in [0.2, 0.25) is 0 Å². The first-order valence-corrected chi connectivity index (χ1v) is 8.93. The molecule has 4 rings (SSSR count). The van der Waals surface area contributed by atoms with E-state index in [1.54, 1.807) is 0 Å². The SMILES string of the molecule is Cc1c(C#N)c(-c2ccccc2)nc2cccc(N3CCCCC3)c12. The maximum atomic E-state index is 9.82. The Morgan fingerprint density at radius 3 is 2.44 bits per heavy atom. The van der Waals surface area contributed by atoms with Gasteiger partial charge in [-0.2, -0.15) is 5.26 Å². The molecule has 0 amide bonds. The highest BCUT2D eigenvalue weighted by Crippen LogP contribution is 2.35. The Bertz CT molecular complexity index is 948. The highest BCUT2D eigenvalue weighted by atomic mass is 15.1. The molecule has 0 saturated carbocycles. The molecule has 1 aliphatic rings. The van der Waals surface area contributed by atoms with Crippen LogP contribution in [0.5, 0.6) is 0 Å². The third-order valence-electron chi connectivity index (χ3n) is 5.10. The lowest BCUT2D eigenvalue weighted by atomic mass is 9.96. The van der Waals surface area contributed by atoms with Crippen LogP contribution < -0.4 is 4.90 Å². The molecule has 3 nitrogen and oxygen atoms in total. The third kappa shape index (κ3) is 2.74. The van der Waals surface area contributed by atoms with Crippen molar-refractivity contribution in [2.24, 2.45) is 0 Å². The monoisotopic (exact) mass is 327 g/mol. The summed E-state index contributed by atoms with van der Waals surface area (Å²) in [6.07, 6.45) is 3.77. The van der Waals surface area contributed by atoms with Gasteiger partial charge in [-0.15, -0.1) is 0 Å². The van der Waals surface area contributed by atoms with Gasteiger partial charge < -0.3 is 4.90 Å². The molecule has 1 fully saturated rings. The fourth-order valence-corrected chi connectivity index (χ4v) is 3.82. The third-order valence-corrected chi connectivity index (χ3v) is 5.10. The van der Waals surface area contributed by atoms with Crippen molar-refractivity contribution in [3.05, 3.63) is 59.7 Å². The van der Waals surface area contributed by atoms with Crippen LogP contribution in [0.15, 0.2) is 48.5 Å². The number of aromatic nitrogens is 1. The van der Waals surface area contributed by atoms with Gasteiger partial charge in [0.25, 0.3) is 0 Å². The van der Waals surface area contributed by atoms with Gasteiger partial charge in [-0.05, 0) is 43.9 Å². The Kier molecular flexibility index (Phi) is 4.11. The van der Waals surface area contributed by atoms with Gasteiger partial charge in [0, 0.05) is 29.7 Å². The Morgan fingerprint density at radius 2 is 1.72 bits per heavy atom. The Hall–Kier alpha value is -2.86. The minimum absolute atomic E-state index is 0.683. The number of fused-ring (bicyclic) bond motifs is 1. The molecule has 0 aliphatic carbocycles. The van der Waals surface area contributed by atoms with Crippen molar-refractivity contribution < 1.29 is 0 Å². The van der Waals surface area contributed by atoms with Crippen LogP contribution in [0.25, 0.3) is 22.2 Å². The number of rotatable bonds is 2. The van der Waals surface area contributed by atoms with Gasteiger partial charge >= 0.3 is 0 Å². The summed E-state index contributed by atoms with van der Waals surface area (Å²) in [6, 6.07) is 18.7. The number of pyridine rings is 1. The van der Waals surface area contributed by atoms with Gasteiger partial charge in [0.1, 0.15) is 6.07 Å². The first-order chi connectivity index (χ1) is 12.3. The lowest BCUT2D eigenvalue weighted by Crippen LogP contribution is -2.29. The lowest BCUT2D eigenvalue weighted by Gasteiger charge is -2.30. The van der Waals surface area contributed by atoms with E-state index in [-0.39, 0.29) is 0 Å². The quantitative estimate of drug-likeness (QED) is 0.659. The molecule has 3 heteroatoms. The maximum Gasteiger partial charge on any atom is 0.102 e. The lowest BCUT2D eigenvalue weighted by molar-refractivity contribution is 0.579. The van der Waals surface area contributed by atoms with Gasteiger partial charge in [0.05, 0.1) is 16.8 Å². The zero-order valence-corrected chi connectivity index (χ0v) is 14.5. The molecule has 25 heavy (non-hydrogen) atoms. The van der Waals surface area contributed by atoms with Crippen LogP contribution in [-0.4, -0.2) is 18.1 Å². The largest absolute Gasteiger partial charge is 0.371 e. The normalized spacial score (nSPS) is 14.5. The van der Waals surface area contributed by atoms with E-state index in [4.69, 9.17) is 4.98 Å². The van der Waals surface area contributed by atoms with E-state index in [1.807, 2.05) is 30.3 Å². The van der Waals surface area contributed by atoms with Crippen LogP contribution in [0.1, 0.15) is 30.4 Å². The van der Waals surface area contributed by atoms with Crippen molar-refractivity contribution in [1.29, 1.82) is 5.26 Å². The smallest absolute Gasteiger partial charge is 0.102 e. The first-order valence-electron chi connectivity index (χ1n) is 8.93. The summed E-state index contributed by atoms with van der Waals surface area (Å²) >= 11 is 0. The molecule has 1 saturated heterocycles. The molecule has 0 bridgehead atoms. The average molecular weight is 327 g/mol. The molecule has 3 aromatic rings. The Labute approximate surface area is 148 Å². The highest BCUT2D eigenvalue weighted by Gasteiger charge is 2.19. The standard InChI is InChI=1S/C22H21N3/c1-16-18(15-23)22(17-9-4-2-5-10-17)24-19-11-8-12-20(21(16)19)25-13-6-3-7-14-25/h2,4-5,8-12H,3,6-7,13-14H2,1H3. The predicted octanol–water partition coefficient (Wildman–Crippen LogP) is 5.07. The summed E-state index contributed by atoms with van der Waals surface area (Å²) in [5.41, 5.74) is 5.68. The van der Waals surface area contributed by atoms with E-state index in [0.717, 1.165) is 40.8 Å². The highest BCUT2D eigenvalue weighted by molar-refractivity contribution is 5.98. The molecule has 0 atom stereocenters. The Morgan fingerprint density at radius 1 is 0.960 bits per heavy atom. The second kappa shape index (κ2) is 6.57. The Balaban J connectivity index is 1.96. The minimum atomic E-state index is 0.683. The molecule has 2 aromatic carbocycles. The molecule has 0 radical (unpaired) electrons. The molecule has 1 aromatic heterocycles. The van der Waals surface area contributed by atoms with Crippen LogP contribution in [0, 0.1) is 18.3 Å². The molecule has 2 heterocycles. The molecule has 124 valence electrons. The molecular weight excluding hydrogens is 306 g/mol. The van der Waals surface area contributed by atoms with E-state index in [1.165, 1.54) is 24.9 Å². The van der Waals surface area contributed by atoms with Crippen molar-refractivity contribution in [1.82, 2.24) is 4.98 Å². The van der Waals surface area contributed by atoms with Crippen LogP contribution in [-0.2, 0) is 0 Å². The topological polar surface area (TPSA) is 39.9 Å². The summed E-state index contributed by atoms with van der Waals surface area (Å²) in [4.78, 5) is 7.33. The molecule has 1 aliphatic heterocycles. The number of nitriles is 1. The van der Waals surface area contributed by atoms with Gasteiger partial charge in [0.2, 0.25) is 0 Å². The summed E-state index contributed by atoms with van der Waals surface area (Å²) in [7, 11) is 0. The van der Waals surface area contributed by atoms with Crippen molar-refractivity contribution in [3.63, 3.8) is 0 Å². The van der Waals surface area contributed by atoms with Crippen LogP contribution in [0.4, 0.5) is 5.69 Å². The van der Waals surface area contributed by atoms with E-state index in [9.17, 15) is 5.26 Å². The molecule has 0 spiro atoms. The van der Waals surface area contributed by atoms with Gasteiger partial charge in [-0.3, -0.25) is 0 Å². The van der Waals surface area contributed by atoms with Gasteiger partial charge in [-0.25, -0.2) is 4.98 Å².